The second-order valence-corrected chi connectivity index (χ2v) is 7.50. The largest absolute Gasteiger partial charge is 0.478 e. The first-order valence-electron chi connectivity index (χ1n) is 9.14. The van der Waals surface area contributed by atoms with Gasteiger partial charge in [-0.3, -0.25) is 4.98 Å². The average Bonchev–Trinajstić information content (AvgIpc) is 2.79. The van der Waals surface area contributed by atoms with Crippen LogP contribution in [0.15, 0.2) is 84.0 Å². The van der Waals surface area contributed by atoms with Gasteiger partial charge in [-0.2, -0.15) is 5.26 Å². The smallest absolute Gasteiger partial charge is 0.335 e. The van der Waals surface area contributed by atoms with Crippen LogP contribution in [0.4, 0.5) is 0 Å². The highest BCUT2D eigenvalue weighted by Gasteiger charge is 2.11. The lowest BCUT2D eigenvalue weighted by molar-refractivity contribution is 0.0696. The highest BCUT2D eigenvalue weighted by atomic mass is 32.2. The lowest BCUT2D eigenvalue weighted by Crippen LogP contribution is -1.96. The molecule has 0 aliphatic rings. The highest BCUT2D eigenvalue weighted by molar-refractivity contribution is 7.98. The summed E-state index contributed by atoms with van der Waals surface area (Å²) >= 11 is 1.54. The van der Waals surface area contributed by atoms with E-state index in [-0.39, 0.29) is 5.56 Å². The van der Waals surface area contributed by atoms with Crippen LogP contribution in [0, 0.1) is 11.3 Å². The molecule has 0 unspecified atom stereocenters. The summed E-state index contributed by atoms with van der Waals surface area (Å²) in [6, 6.07) is 22.1. The molecule has 0 saturated carbocycles. The number of aromatic nitrogens is 1. The van der Waals surface area contributed by atoms with Crippen LogP contribution in [0.1, 0.15) is 21.5 Å². The Bertz CT molecular complexity index is 1280. The highest BCUT2D eigenvalue weighted by Crippen LogP contribution is 2.37. The van der Waals surface area contributed by atoms with Crippen molar-refractivity contribution >= 4 is 28.5 Å². The fourth-order valence-electron chi connectivity index (χ4n) is 3.09. The molecule has 1 heterocycles. The SMILES string of the molecule is N#Cc1ccc(Oc2cnccc2SCc2cccc(C(=O)O)c2)c2ccccc12. The number of ether oxygens (including phenoxy) is 1. The van der Waals surface area contributed by atoms with Gasteiger partial charge in [0.15, 0.2) is 5.75 Å². The van der Waals surface area contributed by atoms with Crippen molar-refractivity contribution in [2.24, 2.45) is 0 Å². The summed E-state index contributed by atoms with van der Waals surface area (Å²) in [6.45, 7) is 0. The van der Waals surface area contributed by atoms with Crippen LogP contribution < -0.4 is 4.74 Å². The molecule has 0 fully saturated rings. The first kappa shape index (κ1) is 19.5. The monoisotopic (exact) mass is 412 g/mol. The zero-order valence-electron chi connectivity index (χ0n) is 15.8. The van der Waals surface area contributed by atoms with Gasteiger partial charge in [-0.25, -0.2) is 4.79 Å². The van der Waals surface area contributed by atoms with Gasteiger partial charge >= 0.3 is 5.97 Å². The fraction of sp³-hybridized carbons (Fsp3) is 0.0417. The number of carboxylic acids is 1. The van der Waals surface area contributed by atoms with Gasteiger partial charge in [0.1, 0.15) is 5.75 Å². The van der Waals surface area contributed by atoms with E-state index in [1.54, 1.807) is 54.5 Å². The summed E-state index contributed by atoms with van der Waals surface area (Å²) < 4.78 is 6.19. The second kappa shape index (κ2) is 8.68. The number of carboxylic acid groups (broad SMARTS) is 1. The predicted molar refractivity (Wildman–Crippen MR) is 116 cm³/mol. The van der Waals surface area contributed by atoms with E-state index in [0.717, 1.165) is 21.2 Å². The number of thioether (sulfide) groups is 1. The van der Waals surface area contributed by atoms with E-state index in [1.807, 2.05) is 36.4 Å². The number of nitriles is 1. The summed E-state index contributed by atoms with van der Waals surface area (Å²) in [6.07, 6.45) is 3.35. The maximum Gasteiger partial charge on any atom is 0.335 e. The molecule has 0 bridgehead atoms. The molecule has 146 valence electrons. The molecule has 0 amide bonds. The number of pyridine rings is 1. The van der Waals surface area contributed by atoms with E-state index in [2.05, 4.69) is 11.1 Å². The first-order chi connectivity index (χ1) is 14.7. The summed E-state index contributed by atoms with van der Waals surface area (Å²) in [7, 11) is 0. The third-order valence-corrected chi connectivity index (χ3v) is 5.67. The van der Waals surface area contributed by atoms with Gasteiger partial charge in [0.05, 0.1) is 28.3 Å². The lowest BCUT2D eigenvalue weighted by atomic mass is 10.0. The van der Waals surface area contributed by atoms with Crippen LogP contribution in [0.5, 0.6) is 11.5 Å². The van der Waals surface area contributed by atoms with Crippen LogP contribution in [0.3, 0.4) is 0 Å². The van der Waals surface area contributed by atoms with Crippen molar-refractivity contribution in [1.29, 1.82) is 5.26 Å². The molecule has 5 nitrogen and oxygen atoms in total. The maximum absolute atomic E-state index is 11.2. The van der Waals surface area contributed by atoms with Gasteiger partial charge in [-0.05, 0) is 35.9 Å². The quantitative estimate of drug-likeness (QED) is 0.398. The standard InChI is InChI=1S/C24H16N2O3S/c25-13-18-8-9-21(20-7-2-1-6-19(18)20)29-22-14-26-11-10-23(22)30-15-16-4-3-5-17(12-16)24(27)28/h1-12,14H,15H2,(H,27,28). The minimum atomic E-state index is -0.942. The molecule has 0 aliphatic heterocycles. The van der Waals surface area contributed by atoms with Crippen molar-refractivity contribution in [2.45, 2.75) is 10.6 Å². The van der Waals surface area contributed by atoms with Gasteiger partial charge < -0.3 is 9.84 Å². The number of fused-ring (bicyclic) bond motifs is 1. The Morgan fingerprint density at radius 3 is 2.67 bits per heavy atom. The molecule has 4 aromatic rings. The number of carbonyl (C=O) groups is 1. The summed E-state index contributed by atoms with van der Waals surface area (Å²) in [5.74, 6) is 0.900. The molecule has 3 aromatic carbocycles. The van der Waals surface area contributed by atoms with Gasteiger partial charge in [-0.15, -0.1) is 11.8 Å². The zero-order chi connectivity index (χ0) is 20.9. The van der Waals surface area contributed by atoms with Gasteiger partial charge in [0.2, 0.25) is 0 Å². The summed E-state index contributed by atoms with van der Waals surface area (Å²) in [5.41, 5.74) is 1.77. The fourth-order valence-corrected chi connectivity index (χ4v) is 3.99. The Morgan fingerprint density at radius 1 is 1.03 bits per heavy atom. The summed E-state index contributed by atoms with van der Waals surface area (Å²) in [4.78, 5) is 16.2. The lowest BCUT2D eigenvalue weighted by Gasteiger charge is -2.13. The molecular weight excluding hydrogens is 396 g/mol. The molecular formula is C24H16N2O3S. The number of hydrogen-bond donors (Lipinski definition) is 1. The van der Waals surface area contributed by atoms with Crippen molar-refractivity contribution in [1.82, 2.24) is 4.98 Å². The van der Waals surface area contributed by atoms with E-state index in [0.29, 0.717) is 22.8 Å². The normalized spacial score (nSPS) is 10.5. The molecule has 0 atom stereocenters. The Labute approximate surface area is 177 Å². The Hall–Kier alpha value is -3.82. The van der Waals surface area contributed by atoms with Crippen molar-refractivity contribution < 1.29 is 14.6 Å². The van der Waals surface area contributed by atoms with Crippen LogP contribution in [0.2, 0.25) is 0 Å². The van der Waals surface area contributed by atoms with E-state index in [4.69, 9.17) is 4.74 Å². The van der Waals surface area contributed by atoms with Gasteiger partial charge in [0.25, 0.3) is 0 Å². The minimum Gasteiger partial charge on any atom is -0.478 e. The van der Waals surface area contributed by atoms with E-state index < -0.39 is 5.97 Å². The maximum atomic E-state index is 11.2. The third-order valence-electron chi connectivity index (χ3n) is 4.54. The van der Waals surface area contributed by atoms with Crippen LogP contribution in [-0.2, 0) is 5.75 Å². The van der Waals surface area contributed by atoms with Crippen LogP contribution >= 0.6 is 11.8 Å². The molecule has 6 heteroatoms. The van der Waals surface area contributed by atoms with Crippen molar-refractivity contribution in [3.63, 3.8) is 0 Å². The molecule has 0 saturated heterocycles. The predicted octanol–water partition coefficient (Wildman–Crippen LogP) is 5.89. The molecule has 0 aliphatic carbocycles. The number of rotatable bonds is 6. The average molecular weight is 412 g/mol. The van der Waals surface area contributed by atoms with Crippen molar-refractivity contribution in [2.75, 3.05) is 0 Å². The zero-order valence-corrected chi connectivity index (χ0v) is 16.6. The number of aromatic carboxylic acids is 1. The summed E-state index contributed by atoms with van der Waals surface area (Å²) in [5, 5.41) is 20.2. The van der Waals surface area contributed by atoms with E-state index in [9.17, 15) is 15.2 Å². The second-order valence-electron chi connectivity index (χ2n) is 6.49. The first-order valence-corrected chi connectivity index (χ1v) is 10.1. The van der Waals surface area contributed by atoms with Gasteiger partial charge in [-0.1, -0.05) is 36.4 Å². The molecule has 4 rings (SSSR count). The minimum absolute atomic E-state index is 0.267. The van der Waals surface area contributed by atoms with Crippen molar-refractivity contribution in [3.05, 3.63) is 95.8 Å². The topological polar surface area (TPSA) is 83.2 Å². The number of benzene rings is 3. The molecule has 1 N–H and O–H groups in total. The number of hydrogen-bond acceptors (Lipinski definition) is 5. The Balaban J connectivity index is 1.61. The molecule has 30 heavy (non-hydrogen) atoms. The molecule has 0 radical (unpaired) electrons. The molecule has 0 spiro atoms. The van der Waals surface area contributed by atoms with E-state index >= 15 is 0 Å². The number of nitrogens with zero attached hydrogens (tertiary/aromatic N) is 2. The van der Waals surface area contributed by atoms with Crippen LogP contribution in [-0.4, -0.2) is 16.1 Å². The van der Waals surface area contributed by atoms with Crippen LogP contribution in [0.25, 0.3) is 10.8 Å². The van der Waals surface area contributed by atoms with Gasteiger partial charge in [0, 0.05) is 22.7 Å². The van der Waals surface area contributed by atoms with Crippen molar-refractivity contribution in [3.8, 4) is 17.6 Å². The third kappa shape index (κ3) is 4.12. The Kier molecular flexibility index (Phi) is 5.64. The molecule has 1 aromatic heterocycles. The van der Waals surface area contributed by atoms with E-state index in [1.165, 1.54) is 0 Å². The Morgan fingerprint density at radius 2 is 1.87 bits per heavy atom.